The Labute approximate surface area is 135 Å². The Hall–Kier alpha value is -2.37. The summed E-state index contributed by atoms with van der Waals surface area (Å²) in [5.41, 5.74) is 1.43. The van der Waals surface area contributed by atoms with Gasteiger partial charge < -0.3 is 14.2 Å². The lowest BCUT2D eigenvalue weighted by Gasteiger charge is -2.31. The van der Waals surface area contributed by atoms with Crippen LogP contribution in [0.3, 0.4) is 0 Å². The fraction of sp³-hybridized carbons (Fsp3) is 0.471. The van der Waals surface area contributed by atoms with Crippen LogP contribution in [0.2, 0.25) is 0 Å². The first-order chi connectivity index (χ1) is 11.1. The van der Waals surface area contributed by atoms with Crippen LogP contribution in [0.1, 0.15) is 34.7 Å². The third kappa shape index (κ3) is 3.70. The first-order valence-corrected chi connectivity index (χ1v) is 7.90. The minimum absolute atomic E-state index is 0.0539. The van der Waals surface area contributed by atoms with E-state index >= 15 is 0 Å². The molecule has 23 heavy (non-hydrogen) atoms. The predicted octanol–water partition coefficient (Wildman–Crippen LogP) is 2.62. The number of amides is 1. The molecule has 122 valence electrons. The van der Waals surface area contributed by atoms with E-state index in [1.54, 1.807) is 19.2 Å². The van der Waals surface area contributed by atoms with Crippen LogP contribution < -0.4 is 4.74 Å². The number of hydrogen-bond donors (Lipinski definition) is 0. The van der Waals surface area contributed by atoms with Gasteiger partial charge in [-0.1, -0.05) is 11.2 Å². The number of likely N-dealkylation sites (tertiary alicyclic amines) is 1. The van der Waals surface area contributed by atoms with Gasteiger partial charge in [-0.3, -0.25) is 4.79 Å². The van der Waals surface area contributed by atoms with Crippen molar-refractivity contribution in [2.24, 2.45) is 5.92 Å². The number of pyridine rings is 1. The molecule has 0 aromatic carbocycles. The predicted molar refractivity (Wildman–Crippen MR) is 84.3 cm³/mol. The minimum Gasteiger partial charge on any atom is -0.477 e. The SMILES string of the molecule is Cc1cc(C(=O)N2CCC(COc3ncccc3C)CC2)no1. The van der Waals surface area contributed by atoms with E-state index in [0.29, 0.717) is 29.9 Å². The van der Waals surface area contributed by atoms with Gasteiger partial charge in [-0.15, -0.1) is 0 Å². The molecule has 1 aliphatic rings. The van der Waals surface area contributed by atoms with Gasteiger partial charge in [0.2, 0.25) is 5.88 Å². The van der Waals surface area contributed by atoms with Crippen LogP contribution in [0.15, 0.2) is 28.9 Å². The summed E-state index contributed by atoms with van der Waals surface area (Å²) in [5.74, 6) is 1.74. The lowest BCUT2D eigenvalue weighted by atomic mass is 9.97. The Morgan fingerprint density at radius 3 is 2.83 bits per heavy atom. The van der Waals surface area contributed by atoms with Crippen molar-refractivity contribution < 1.29 is 14.1 Å². The Morgan fingerprint density at radius 2 is 2.17 bits per heavy atom. The van der Waals surface area contributed by atoms with E-state index in [2.05, 4.69) is 10.1 Å². The summed E-state index contributed by atoms with van der Waals surface area (Å²) in [4.78, 5) is 18.4. The van der Waals surface area contributed by atoms with E-state index in [1.807, 2.05) is 24.0 Å². The number of carbonyl (C=O) groups is 1. The van der Waals surface area contributed by atoms with Crippen LogP contribution >= 0.6 is 0 Å². The van der Waals surface area contributed by atoms with Gasteiger partial charge in [-0.2, -0.15) is 0 Å². The number of carbonyl (C=O) groups excluding carboxylic acids is 1. The van der Waals surface area contributed by atoms with Crippen molar-refractivity contribution in [3.05, 3.63) is 41.4 Å². The number of ether oxygens (including phenoxy) is 1. The Kier molecular flexibility index (Phi) is 4.60. The number of piperidine rings is 1. The lowest BCUT2D eigenvalue weighted by molar-refractivity contribution is 0.0649. The molecule has 3 rings (SSSR count). The second-order valence-corrected chi connectivity index (χ2v) is 5.99. The molecule has 1 amide bonds. The molecule has 0 atom stereocenters. The van der Waals surface area contributed by atoms with Crippen LogP contribution in [0.5, 0.6) is 5.88 Å². The minimum atomic E-state index is -0.0539. The maximum absolute atomic E-state index is 12.3. The van der Waals surface area contributed by atoms with Gasteiger partial charge in [-0.25, -0.2) is 4.98 Å². The van der Waals surface area contributed by atoms with Crippen molar-refractivity contribution in [2.75, 3.05) is 19.7 Å². The molecule has 1 aliphatic heterocycles. The maximum Gasteiger partial charge on any atom is 0.276 e. The number of aryl methyl sites for hydroxylation is 2. The van der Waals surface area contributed by atoms with Crippen molar-refractivity contribution in [3.63, 3.8) is 0 Å². The average molecular weight is 315 g/mol. The van der Waals surface area contributed by atoms with Crippen LogP contribution in [-0.2, 0) is 0 Å². The standard InChI is InChI=1S/C17H21N3O3/c1-12-4-3-7-18-16(12)22-11-14-5-8-20(9-6-14)17(21)15-10-13(2)23-19-15/h3-4,7,10,14H,5-6,8-9,11H2,1-2H3. The number of aromatic nitrogens is 2. The fourth-order valence-electron chi connectivity index (χ4n) is 2.75. The average Bonchev–Trinajstić information content (AvgIpc) is 3.00. The molecule has 6 nitrogen and oxygen atoms in total. The van der Waals surface area contributed by atoms with E-state index < -0.39 is 0 Å². The van der Waals surface area contributed by atoms with Crippen molar-refractivity contribution in [1.29, 1.82) is 0 Å². The molecular formula is C17H21N3O3. The van der Waals surface area contributed by atoms with Gasteiger partial charge in [0.1, 0.15) is 5.76 Å². The molecule has 1 fully saturated rings. The van der Waals surface area contributed by atoms with E-state index in [-0.39, 0.29) is 5.91 Å². The summed E-state index contributed by atoms with van der Waals surface area (Å²) >= 11 is 0. The number of hydrogen-bond acceptors (Lipinski definition) is 5. The summed E-state index contributed by atoms with van der Waals surface area (Å²) < 4.78 is 10.8. The van der Waals surface area contributed by atoms with Crippen molar-refractivity contribution in [3.8, 4) is 5.88 Å². The molecule has 0 N–H and O–H groups in total. The van der Waals surface area contributed by atoms with E-state index in [9.17, 15) is 4.79 Å². The third-order valence-electron chi connectivity index (χ3n) is 4.17. The van der Waals surface area contributed by atoms with Gasteiger partial charge in [-0.05, 0) is 38.7 Å². The molecule has 3 heterocycles. The summed E-state index contributed by atoms with van der Waals surface area (Å²) in [7, 11) is 0. The molecule has 2 aromatic heterocycles. The van der Waals surface area contributed by atoms with Crippen LogP contribution in [-0.4, -0.2) is 40.6 Å². The highest BCUT2D eigenvalue weighted by molar-refractivity contribution is 5.92. The van der Waals surface area contributed by atoms with Crippen LogP contribution in [0.25, 0.3) is 0 Å². The Morgan fingerprint density at radius 1 is 1.39 bits per heavy atom. The third-order valence-corrected chi connectivity index (χ3v) is 4.17. The molecule has 0 spiro atoms. The molecule has 0 aliphatic carbocycles. The highest BCUT2D eigenvalue weighted by Gasteiger charge is 2.25. The van der Waals surface area contributed by atoms with Crippen molar-refractivity contribution >= 4 is 5.91 Å². The summed E-state index contributed by atoms with van der Waals surface area (Å²) in [6, 6.07) is 5.57. The lowest BCUT2D eigenvalue weighted by Crippen LogP contribution is -2.39. The van der Waals surface area contributed by atoms with Gasteiger partial charge in [0.25, 0.3) is 5.91 Å². The quantitative estimate of drug-likeness (QED) is 0.867. The Bertz CT molecular complexity index is 675. The first-order valence-electron chi connectivity index (χ1n) is 7.90. The zero-order valence-electron chi connectivity index (χ0n) is 13.5. The van der Waals surface area contributed by atoms with E-state index in [4.69, 9.17) is 9.26 Å². The molecule has 0 saturated carbocycles. The second-order valence-electron chi connectivity index (χ2n) is 5.99. The largest absolute Gasteiger partial charge is 0.477 e. The smallest absolute Gasteiger partial charge is 0.276 e. The molecule has 1 saturated heterocycles. The number of nitrogens with zero attached hydrogens (tertiary/aromatic N) is 3. The molecule has 6 heteroatoms. The molecule has 0 radical (unpaired) electrons. The molecular weight excluding hydrogens is 294 g/mol. The second kappa shape index (κ2) is 6.81. The van der Waals surface area contributed by atoms with E-state index in [1.165, 1.54) is 0 Å². The summed E-state index contributed by atoms with van der Waals surface area (Å²) in [5, 5.41) is 3.80. The zero-order chi connectivity index (χ0) is 16.2. The Balaban J connectivity index is 1.49. The maximum atomic E-state index is 12.3. The van der Waals surface area contributed by atoms with Gasteiger partial charge >= 0.3 is 0 Å². The van der Waals surface area contributed by atoms with Crippen molar-refractivity contribution in [2.45, 2.75) is 26.7 Å². The zero-order valence-corrected chi connectivity index (χ0v) is 13.5. The van der Waals surface area contributed by atoms with Gasteiger partial charge in [0.15, 0.2) is 5.69 Å². The molecule has 0 bridgehead atoms. The summed E-state index contributed by atoms with van der Waals surface area (Å²) in [6.45, 7) is 5.86. The van der Waals surface area contributed by atoms with Crippen LogP contribution in [0.4, 0.5) is 0 Å². The van der Waals surface area contributed by atoms with E-state index in [0.717, 1.165) is 31.5 Å². The summed E-state index contributed by atoms with van der Waals surface area (Å²) in [6.07, 6.45) is 3.59. The normalized spacial score (nSPS) is 15.7. The fourth-order valence-corrected chi connectivity index (χ4v) is 2.75. The highest BCUT2D eigenvalue weighted by atomic mass is 16.5. The van der Waals surface area contributed by atoms with Gasteiger partial charge in [0, 0.05) is 30.9 Å². The molecule has 2 aromatic rings. The van der Waals surface area contributed by atoms with Gasteiger partial charge in [0.05, 0.1) is 6.61 Å². The first kappa shape index (κ1) is 15.5. The molecule has 0 unspecified atom stereocenters. The highest BCUT2D eigenvalue weighted by Crippen LogP contribution is 2.21. The number of rotatable bonds is 4. The topological polar surface area (TPSA) is 68.5 Å². The monoisotopic (exact) mass is 315 g/mol. The van der Waals surface area contributed by atoms with Crippen molar-refractivity contribution in [1.82, 2.24) is 15.0 Å². The van der Waals surface area contributed by atoms with Crippen LogP contribution in [0, 0.1) is 19.8 Å².